The summed E-state index contributed by atoms with van der Waals surface area (Å²) in [6, 6.07) is 25.7. The SMILES string of the molecule is COC(CC1OCCc2ccccc21)n1c2ccccc2c2ccccc21. The van der Waals surface area contributed by atoms with Crippen LogP contribution in [0.5, 0.6) is 0 Å². The van der Waals surface area contributed by atoms with Crippen LogP contribution < -0.4 is 0 Å². The van der Waals surface area contributed by atoms with Crippen molar-refractivity contribution in [2.45, 2.75) is 25.2 Å². The van der Waals surface area contributed by atoms with Crippen molar-refractivity contribution in [3.05, 3.63) is 83.9 Å². The zero-order valence-electron chi connectivity index (χ0n) is 15.5. The molecule has 5 rings (SSSR count). The summed E-state index contributed by atoms with van der Waals surface area (Å²) in [5, 5.41) is 2.53. The first-order valence-electron chi connectivity index (χ1n) is 9.56. The van der Waals surface area contributed by atoms with E-state index in [-0.39, 0.29) is 12.3 Å². The van der Waals surface area contributed by atoms with E-state index in [1.54, 1.807) is 7.11 Å². The van der Waals surface area contributed by atoms with Gasteiger partial charge >= 0.3 is 0 Å². The minimum atomic E-state index is -0.0917. The molecule has 1 aliphatic rings. The van der Waals surface area contributed by atoms with E-state index >= 15 is 0 Å². The van der Waals surface area contributed by atoms with Gasteiger partial charge in [0.25, 0.3) is 0 Å². The molecule has 136 valence electrons. The smallest absolute Gasteiger partial charge is 0.136 e. The molecule has 4 aromatic rings. The highest BCUT2D eigenvalue weighted by Gasteiger charge is 2.26. The lowest BCUT2D eigenvalue weighted by Crippen LogP contribution is -2.21. The molecule has 0 aliphatic carbocycles. The molecular weight excluding hydrogens is 334 g/mol. The van der Waals surface area contributed by atoms with Crippen molar-refractivity contribution in [1.29, 1.82) is 0 Å². The topological polar surface area (TPSA) is 23.4 Å². The predicted molar refractivity (Wildman–Crippen MR) is 109 cm³/mol. The summed E-state index contributed by atoms with van der Waals surface area (Å²) in [6.07, 6.45) is 1.74. The Kier molecular flexibility index (Phi) is 4.19. The summed E-state index contributed by atoms with van der Waals surface area (Å²) in [5.41, 5.74) is 5.10. The van der Waals surface area contributed by atoms with Gasteiger partial charge in [0, 0.05) is 24.3 Å². The zero-order valence-corrected chi connectivity index (χ0v) is 15.5. The molecule has 1 aromatic heterocycles. The van der Waals surface area contributed by atoms with Crippen LogP contribution in [-0.2, 0) is 15.9 Å². The molecular formula is C24H23NO2. The van der Waals surface area contributed by atoms with E-state index in [4.69, 9.17) is 9.47 Å². The highest BCUT2D eigenvalue weighted by atomic mass is 16.5. The molecule has 0 amide bonds. The number of fused-ring (bicyclic) bond motifs is 4. The Morgan fingerprint density at radius 1 is 0.926 bits per heavy atom. The van der Waals surface area contributed by atoms with E-state index in [9.17, 15) is 0 Å². The number of ether oxygens (including phenoxy) is 2. The third-order valence-corrected chi connectivity index (χ3v) is 5.69. The fraction of sp³-hybridized carbons (Fsp3) is 0.250. The molecule has 0 fully saturated rings. The van der Waals surface area contributed by atoms with Gasteiger partial charge < -0.3 is 14.0 Å². The van der Waals surface area contributed by atoms with Gasteiger partial charge in [0.05, 0.1) is 23.7 Å². The molecule has 2 unspecified atom stereocenters. The number of para-hydroxylation sites is 2. The fourth-order valence-corrected chi connectivity index (χ4v) is 4.43. The first-order valence-corrected chi connectivity index (χ1v) is 9.56. The Morgan fingerprint density at radius 2 is 1.56 bits per heavy atom. The summed E-state index contributed by atoms with van der Waals surface area (Å²) in [7, 11) is 1.79. The Morgan fingerprint density at radius 3 is 2.26 bits per heavy atom. The molecule has 0 radical (unpaired) electrons. The third kappa shape index (κ3) is 2.75. The summed E-state index contributed by atoms with van der Waals surface area (Å²) in [4.78, 5) is 0. The number of rotatable bonds is 4. The second kappa shape index (κ2) is 6.84. The van der Waals surface area contributed by atoms with Crippen molar-refractivity contribution >= 4 is 21.8 Å². The molecule has 3 nitrogen and oxygen atoms in total. The second-order valence-corrected chi connectivity index (χ2v) is 7.14. The molecule has 2 atom stereocenters. The zero-order chi connectivity index (χ0) is 18.2. The molecule has 0 spiro atoms. The predicted octanol–water partition coefficient (Wildman–Crippen LogP) is 5.64. The fourth-order valence-electron chi connectivity index (χ4n) is 4.43. The van der Waals surface area contributed by atoms with Gasteiger partial charge in [-0.2, -0.15) is 0 Å². The van der Waals surface area contributed by atoms with Crippen LogP contribution >= 0.6 is 0 Å². The van der Waals surface area contributed by atoms with Crippen LogP contribution in [0, 0.1) is 0 Å². The average Bonchev–Trinajstić information content (AvgIpc) is 3.07. The first-order chi connectivity index (χ1) is 13.4. The minimum absolute atomic E-state index is 0.0554. The van der Waals surface area contributed by atoms with Gasteiger partial charge in [-0.3, -0.25) is 0 Å². The largest absolute Gasteiger partial charge is 0.373 e. The monoisotopic (exact) mass is 357 g/mol. The van der Waals surface area contributed by atoms with Crippen molar-refractivity contribution in [3.8, 4) is 0 Å². The van der Waals surface area contributed by atoms with Crippen molar-refractivity contribution in [3.63, 3.8) is 0 Å². The number of methoxy groups -OCH3 is 1. The van der Waals surface area contributed by atoms with E-state index < -0.39 is 0 Å². The van der Waals surface area contributed by atoms with Crippen LogP contribution in [0.2, 0.25) is 0 Å². The molecule has 0 saturated heterocycles. The maximum Gasteiger partial charge on any atom is 0.136 e. The molecule has 0 bridgehead atoms. The van der Waals surface area contributed by atoms with E-state index in [1.165, 1.54) is 32.9 Å². The van der Waals surface area contributed by atoms with Gasteiger partial charge in [0.1, 0.15) is 6.23 Å². The molecule has 2 heterocycles. The maximum absolute atomic E-state index is 6.17. The number of hydrogen-bond acceptors (Lipinski definition) is 2. The highest BCUT2D eigenvalue weighted by Crippen LogP contribution is 2.38. The van der Waals surface area contributed by atoms with Gasteiger partial charge in [0.2, 0.25) is 0 Å². The summed E-state index contributed by atoms with van der Waals surface area (Å²) in [6.45, 7) is 0.769. The van der Waals surface area contributed by atoms with Crippen molar-refractivity contribution in [2.75, 3.05) is 13.7 Å². The third-order valence-electron chi connectivity index (χ3n) is 5.69. The van der Waals surface area contributed by atoms with E-state index in [0.29, 0.717) is 0 Å². The molecule has 0 N–H and O–H groups in total. The summed E-state index contributed by atoms with van der Waals surface area (Å²) in [5.74, 6) is 0. The minimum Gasteiger partial charge on any atom is -0.373 e. The number of aromatic nitrogens is 1. The van der Waals surface area contributed by atoms with Crippen LogP contribution in [0.3, 0.4) is 0 Å². The van der Waals surface area contributed by atoms with Gasteiger partial charge in [-0.15, -0.1) is 0 Å². The second-order valence-electron chi connectivity index (χ2n) is 7.14. The Bertz CT molecular complexity index is 1040. The Hall–Kier alpha value is -2.62. The lowest BCUT2D eigenvalue weighted by Gasteiger charge is -2.30. The van der Waals surface area contributed by atoms with E-state index in [2.05, 4.69) is 77.4 Å². The molecule has 3 heteroatoms. The van der Waals surface area contributed by atoms with Gasteiger partial charge in [-0.05, 0) is 29.7 Å². The van der Waals surface area contributed by atoms with Crippen LogP contribution in [0.25, 0.3) is 21.8 Å². The van der Waals surface area contributed by atoms with Gasteiger partial charge in [0.15, 0.2) is 0 Å². The summed E-state index contributed by atoms with van der Waals surface area (Å²) >= 11 is 0. The average molecular weight is 357 g/mol. The lowest BCUT2D eigenvalue weighted by atomic mass is 9.95. The van der Waals surface area contributed by atoms with Crippen molar-refractivity contribution in [2.24, 2.45) is 0 Å². The van der Waals surface area contributed by atoms with Crippen LogP contribution in [0.1, 0.15) is 29.9 Å². The normalized spacial score (nSPS) is 17.9. The Balaban J connectivity index is 1.61. The van der Waals surface area contributed by atoms with E-state index in [0.717, 1.165) is 19.4 Å². The quantitative estimate of drug-likeness (QED) is 0.471. The standard InChI is InChI=1S/C24H23NO2/c1-26-24(16-23-18-9-3-2-8-17(18)14-15-27-23)25-21-12-6-4-10-19(21)20-11-5-7-13-22(20)25/h2-13,23-24H,14-16H2,1H3. The molecule has 3 aromatic carbocycles. The molecule has 0 saturated carbocycles. The van der Waals surface area contributed by atoms with Crippen molar-refractivity contribution < 1.29 is 9.47 Å². The van der Waals surface area contributed by atoms with E-state index in [1.807, 2.05) is 0 Å². The van der Waals surface area contributed by atoms with Crippen LogP contribution in [-0.4, -0.2) is 18.3 Å². The first kappa shape index (κ1) is 16.5. The number of benzene rings is 3. The molecule has 1 aliphatic heterocycles. The Labute approximate surface area is 159 Å². The van der Waals surface area contributed by atoms with Crippen molar-refractivity contribution in [1.82, 2.24) is 4.57 Å². The lowest BCUT2D eigenvalue weighted by molar-refractivity contribution is -0.0330. The van der Waals surface area contributed by atoms with Gasteiger partial charge in [-0.1, -0.05) is 60.7 Å². The highest BCUT2D eigenvalue weighted by molar-refractivity contribution is 6.08. The summed E-state index contributed by atoms with van der Waals surface area (Å²) < 4.78 is 14.5. The maximum atomic E-state index is 6.17. The number of nitrogens with zero attached hydrogens (tertiary/aromatic N) is 1. The number of hydrogen-bond donors (Lipinski definition) is 0. The van der Waals surface area contributed by atoms with Crippen LogP contribution in [0.4, 0.5) is 0 Å². The molecule has 27 heavy (non-hydrogen) atoms. The van der Waals surface area contributed by atoms with Crippen LogP contribution in [0.15, 0.2) is 72.8 Å². The van der Waals surface area contributed by atoms with Gasteiger partial charge in [-0.25, -0.2) is 0 Å².